The second-order valence-corrected chi connectivity index (χ2v) is 6.53. The third-order valence-corrected chi connectivity index (χ3v) is 3.46. The Kier molecular flexibility index (Phi) is 4.73. The summed E-state index contributed by atoms with van der Waals surface area (Å²) in [6, 6.07) is 3.91. The number of aromatic nitrogens is 1. The van der Waals surface area contributed by atoms with Crippen molar-refractivity contribution >= 4 is 11.5 Å². The Morgan fingerprint density at radius 3 is 2.25 bits per heavy atom. The van der Waals surface area contributed by atoms with E-state index in [0.29, 0.717) is 11.6 Å². The molecule has 0 amide bonds. The minimum atomic E-state index is -0.282. The molecular formula is C16H27N3O. The Hall–Kier alpha value is -1.45. The van der Waals surface area contributed by atoms with E-state index in [0.717, 1.165) is 18.9 Å². The molecule has 0 atom stereocenters. The van der Waals surface area contributed by atoms with E-state index >= 15 is 0 Å². The third-order valence-electron chi connectivity index (χ3n) is 3.46. The van der Waals surface area contributed by atoms with E-state index in [1.54, 1.807) is 0 Å². The smallest absolute Gasteiger partial charge is 0.239 e. The highest BCUT2D eigenvalue weighted by atomic mass is 16.5. The van der Waals surface area contributed by atoms with Gasteiger partial charge in [0.05, 0.1) is 5.69 Å². The van der Waals surface area contributed by atoms with Crippen molar-refractivity contribution in [3.05, 3.63) is 12.1 Å². The number of hydrogen-bond acceptors (Lipinski definition) is 4. The molecule has 0 unspecified atom stereocenters. The molecular weight excluding hydrogens is 250 g/mol. The molecule has 0 saturated carbocycles. The zero-order valence-electron chi connectivity index (χ0n) is 13.0. The van der Waals surface area contributed by atoms with Gasteiger partial charge in [0.25, 0.3) is 0 Å². The zero-order valence-corrected chi connectivity index (χ0v) is 13.0. The van der Waals surface area contributed by atoms with Crippen molar-refractivity contribution in [3.8, 4) is 5.88 Å². The van der Waals surface area contributed by atoms with E-state index in [9.17, 15) is 0 Å². The molecule has 2 rings (SSSR count). The fourth-order valence-electron chi connectivity index (χ4n) is 2.47. The van der Waals surface area contributed by atoms with Crippen molar-refractivity contribution in [1.29, 1.82) is 0 Å². The fourth-order valence-corrected chi connectivity index (χ4v) is 2.47. The summed E-state index contributed by atoms with van der Waals surface area (Å²) in [4.78, 5) is 6.99. The largest absolute Gasteiger partial charge is 0.470 e. The van der Waals surface area contributed by atoms with E-state index in [1.165, 1.54) is 32.1 Å². The van der Waals surface area contributed by atoms with E-state index in [2.05, 4.69) is 9.88 Å². The van der Waals surface area contributed by atoms with Gasteiger partial charge in [0.1, 0.15) is 11.4 Å². The van der Waals surface area contributed by atoms with Crippen LogP contribution in [0.25, 0.3) is 0 Å². The summed E-state index contributed by atoms with van der Waals surface area (Å²) in [5.74, 6) is 1.54. The van der Waals surface area contributed by atoms with Crippen molar-refractivity contribution in [2.75, 3.05) is 23.7 Å². The standard InChI is InChI=1S/C16H27N3O/c1-16(2,3)20-15-13(17)9-10-14(18-15)19-11-7-5-4-6-8-12-19/h9-10H,4-8,11-12,17H2,1-3H3. The van der Waals surface area contributed by atoms with Gasteiger partial charge in [0, 0.05) is 13.1 Å². The highest BCUT2D eigenvalue weighted by molar-refractivity contribution is 5.54. The normalized spacial score (nSPS) is 17.4. The molecule has 0 spiro atoms. The van der Waals surface area contributed by atoms with Crippen molar-refractivity contribution in [3.63, 3.8) is 0 Å². The van der Waals surface area contributed by atoms with Crippen LogP contribution in [0.1, 0.15) is 52.9 Å². The molecule has 2 N–H and O–H groups in total. The Bertz CT molecular complexity index is 432. The average Bonchev–Trinajstić information content (AvgIpc) is 2.30. The molecule has 1 aliphatic rings. The number of ether oxygens (including phenoxy) is 1. The predicted octanol–water partition coefficient (Wildman–Crippen LogP) is 3.61. The van der Waals surface area contributed by atoms with Gasteiger partial charge in [-0.3, -0.25) is 0 Å². The SMILES string of the molecule is CC(C)(C)Oc1nc(N2CCCCCCC2)ccc1N. The van der Waals surface area contributed by atoms with Crippen LogP contribution < -0.4 is 15.4 Å². The predicted molar refractivity (Wildman–Crippen MR) is 84.3 cm³/mol. The topological polar surface area (TPSA) is 51.4 Å². The van der Waals surface area contributed by atoms with Crippen LogP contribution >= 0.6 is 0 Å². The van der Waals surface area contributed by atoms with Crippen molar-refractivity contribution in [1.82, 2.24) is 4.98 Å². The number of nitrogens with two attached hydrogens (primary N) is 1. The molecule has 0 aliphatic carbocycles. The molecule has 0 bridgehead atoms. The number of nitrogens with zero attached hydrogens (tertiary/aromatic N) is 2. The number of nitrogen functional groups attached to an aromatic ring is 1. The molecule has 20 heavy (non-hydrogen) atoms. The first-order chi connectivity index (χ1) is 9.46. The lowest BCUT2D eigenvalue weighted by Gasteiger charge is -2.27. The second kappa shape index (κ2) is 6.33. The summed E-state index contributed by atoms with van der Waals surface area (Å²) in [5.41, 5.74) is 6.30. The van der Waals surface area contributed by atoms with Gasteiger partial charge in [0.15, 0.2) is 0 Å². The second-order valence-electron chi connectivity index (χ2n) is 6.53. The molecule has 4 heteroatoms. The summed E-state index contributed by atoms with van der Waals surface area (Å²) in [7, 11) is 0. The van der Waals surface area contributed by atoms with Gasteiger partial charge in [-0.15, -0.1) is 0 Å². The Morgan fingerprint density at radius 2 is 1.65 bits per heavy atom. The number of hydrogen-bond donors (Lipinski definition) is 1. The third kappa shape index (κ3) is 4.29. The first-order valence-electron chi connectivity index (χ1n) is 7.66. The van der Waals surface area contributed by atoms with Gasteiger partial charge in [-0.2, -0.15) is 4.98 Å². The minimum Gasteiger partial charge on any atom is -0.470 e. The molecule has 1 aromatic rings. The summed E-state index contributed by atoms with van der Waals surface area (Å²) in [5, 5.41) is 0. The summed E-state index contributed by atoms with van der Waals surface area (Å²) >= 11 is 0. The Labute approximate surface area is 122 Å². The van der Waals surface area contributed by atoms with Crippen LogP contribution in [0.4, 0.5) is 11.5 Å². The summed E-state index contributed by atoms with van der Waals surface area (Å²) in [6.07, 6.45) is 6.47. The number of rotatable bonds is 2. The zero-order chi connectivity index (χ0) is 14.6. The molecule has 0 radical (unpaired) electrons. The molecule has 112 valence electrons. The molecule has 1 aliphatic heterocycles. The minimum absolute atomic E-state index is 0.282. The van der Waals surface area contributed by atoms with Crippen LogP contribution in [0.15, 0.2) is 12.1 Å². The maximum absolute atomic E-state index is 5.98. The Balaban J connectivity index is 2.16. The molecule has 1 saturated heterocycles. The van der Waals surface area contributed by atoms with Crippen LogP contribution in [-0.4, -0.2) is 23.7 Å². The van der Waals surface area contributed by atoms with E-state index < -0.39 is 0 Å². The lowest BCUT2D eigenvalue weighted by Crippen LogP contribution is -2.29. The first kappa shape index (κ1) is 14.9. The number of anilines is 2. The summed E-state index contributed by atoms with van der Waals surface area (Å²) in [6.45, 7) is 8.18. The van der Waals surface area contributed by atoms with Gasteiger partial charge in [-0.05, 0) is 45.7 Å². The molecule has 1 fully saturated rings. The molecule has 1 aromatic heterocycles. The van der Waals surface area contributed by atoms with Crippen molar-refractivity contribution in [2.45, 2.75) is 58.5 Å². The number of pyridine rings is 1. The van der Waals surface area contributed by atoms with Crippen molar-refractivity contribution < 1.29 is 4.74 Å². The Morgan fingerprint density at radius 1 is 1.05 bits per heavy atom. The monoisotopic (exact) mass is 277 g/mol. The van der Waals surface area contributed by atoms with E-state index in [4.69, 9.17) is 10.5 Å². The molecule has 4 nitrogen and oxygen atoms in total. The van der Waals surface area contributed by atoms with Gasteiger partial charge < -0.3 is 15.4 Å². The fraction of sp³-hybridized carbons (Fsp3) is 0.688. The quantitative estimate of drug-likeness (QED) is 0.897. The maximum atomic E-state index is 5.98. The molecule has 2 heterocycles. The van der Waals surface area contributed by atoms with E-state index in [1.807, 2.05) is 32.9 Å². The van der Waals surface area contributed by atoms with Crippen LogP contribution in [-0.2, 0) is 0 Å². The lowest BCUT2D eigenvalue weighted by atomic mass is 10.1. The lowest BCUT2D eigenvalue weighted by molar-refractivity contribution is 0.125. The first-order valence-corrected chi connectivity index (χ1v) is 7.66. The van der Waals surface area contributed by atoms with Crippen molar-refractivity contribution in [2.24, 2.45) is 0 Å². The van der Waals surface area contributed by atoms with Gasteiger partial charge in [0.2, 0.25) is 5.88 Å². The van der Waals surface area contributed by atoms with E-state index in [-0.39, 0.29) is 5.60 Å². The highest BCUT2D eigenvalue weighted by Crippen LogP contribution is 2.27. The van der Waals surface area contributed by atoms with Gasteiger partial charge in [-0.25, -0.2) is 0 Å². The molecule has 0 aromatic carbocycles. The van der Waals surface area contributed by atoms with Gasteiger partial charge >= 0.3 is 0 Å². The van der Waals surface area contributed by atoms with Gasteiger partial charge in [-0.1, -0.05) is 19.3 Å². The summed E-state index contributed by atoms with van der Waals surface area (Å²) < 4.78 is 5.86. The highest BCUT2D eigenvalue weighted by Gasteiger charge is 2.17. The average molecular weight is 277 g/mol. The van der Waals surface area contributed by atoms with Crippen LogP contribution in [0, 0.1) is 0 Å². The van der Waals surface area contributed by atoms with Crippen LogP contribution in [0.5, 0.6) is 5.88 Å². The maximum Gasteiger partial charge on any atom is 0.239 e. The van der Waals surface area contributed by atoms with Crippen LogP contribution in [0.2, 0.25) is 0 Å². The van der Waals surface area contributed by atoms with Crippen LogP contribution in [0.3, 0.4) is 0 Å².